The number of ether oxygens (including phenoxy) is 2. The van der Waals surface area contributed by atoms with Crippen molar-refractivity contribution in [1.29, 1.82) is 0 Å². The van der Waals surface area contributed by atoms with E-state index in [1.165, 1.54) is 30.6 Å². The fraction of sp³-hybridized carbons (Fsp3) is 0.471. The molecule has 1 saturated carbocycles. The Morgan fingerprint density at radius 3 is 2.68 bits per heavy atom. The van der Waals surface area contributed by atoms with Crippen molar-refractivity contribution >= 4 is 39.2 Å². The van der Waals surface area contributed by atoms with Crippen LogP contribution in [0.1, 0.15) is 56.9 Å². The SMILES string of the molecule is COC(=O)[C@]12CC(=O)[C@@H]3C[C@@H](Oc4nc5ccccc5s4)CN3C(=O)[C@@H](Cc3cc(F)cc(F)c3)CCCCC/C=C\[C@H]1C2. The molecule has 232 valence electrons. The van der Waals surface area contributed by atoms with Gasteiger partial charge < -0.3 is 14.4 Å². The van der Waals surface area contributed by atoms with Gasteiger partial charge in [0.1, 0.15) is 17.7 Å². The molecule has 7 nitrogen and oxygen atoms in total. The molecule has 2 aromatic carbocycles. The molecule has 0 bridgehead atoms. The zero-order valence-electron chi connectivity index (χ0n) is 24.7. The number of aromatic nitrogens is 1. The monoisotopic (exact) mass is 622 g/mol. The van der Waals surface area contributed by atoms with Crippen LogP contribution >= 0.6 is 11.3 Å². The Bertz CT molecular complexity index is 1540. The minimum atomic E-state index is -0.929. The summed E-state index contributed by atoms with van der Waals surface area (Å²) in [6, 6.07) is 10.2. The number of nitrogens with zero attached hydrogens (tertiary/aromatic N) is 2. The van der Waals surface area contributed by atoms with Crippen LogP contribution in [0.5, 0.6) is 5.19 Å². The van der Waals surface area contributed by atoms with Crippen LogP contribution in [0.15, 0.2) is 54.6 Å². The van der Waals surface area contributed by atoms with Crippen molar-refractivity contribution in [2.24, 2.45) is 17.3 Å². The summed E-state index contributed by atoms with van der Waals surface area (Å²) in [5.74, 6) is -2.90. The average Bonchev–Trinajstić information content (AvgIpc) is 3.31. The number of hydrogen-bond acceptors (Lipinski definition) is 7. The molecule has 1 amide bonds. The molecule has 1 aliphatic carbocycles. The van der Waals surface area contributed by atoms with E-state index in [4.69, 9.17) is 9.47 Å². The van der Waals surface area contributed by atoms with Gasteiger partial charge in [-0.05, 0) is 67.9 Å². The molecule has 2 fully saturated rings. The smallest absolute Gasteiger partial charge is 0.312 e. The largest absolute Gasteiger partial charge is 0.469 e. The number of carbonyl (C=O) groups excluding carboxylic acids is 3. The highest BCUT2D eigenvalue weighted by Gasteiger charge is 2.61. The van der Waals surface area contributed by atoms with Crippen molar-refractivity contribution in [1.82, 2.24) is 9.88 Å². The molecule has 44 heavy (non-hydrogen) atoms. The maximum absolute atomic E-state index is 14.3. The molecular weight excluding hydrogens is 586 g/mol. The van der Waals surface area contributed by atoms with E-state index in [1.807, 2.05) is 30.3 Å². The minimum Gasteiger partial charge on any atom is -0.469 e. The highest BCUT2D eigenvalue weighted by molar-refractivity contribution is 7.20. The molecule has 5 atom stereocenters. The number of benzene rings is 2. The van der Waals surface area contributed by atoms with Crippen LogP contribution in [-0.2, 0) is 25.5 Å². The number of carbonyl (C=O) groups is 3. The van der Waals surface area contributed by atoms with Gasteiger partial charge in [0.15, 0.2) is 5.78 Å². The molecule has 0 spiro atoms. The summed E-state index contributed by atoms with van der Waals surface area (Å²) in [5.41, 5.74) is 0.279. The van der Waals surface area contributed by atoms with Crippen molar-refractivity contribution in [3.63, 3.8) is 0 Å². The lowest BCUT2D eigenvalue weighted by atomic mass is 9.90. The number of allylic oxidation sites excluding steroid dienone is 2. The van der Waals surface area contributed by atoms with Gasteiger partial charge in [-0.15, -0.1) is 0 Å². The molecule has 0 unspecified atom stereocenters. The second-order valence-corrected chi connectivity index (χ2v) is 13.3. The molecule has 6 rings (SSSR count). The number of Topliss-reactive ketones (excluding diaryl/α,β-unsaturated/α-hetero) is 1. The number of para-hydroxylation sites is 1. The number of fused-ring (bicyclic) bond motifs is 3. The fourth-order valence-electron chi connectivity index (χ4n) is 6.85. The van der Waals surface area contributed by atoms with Crippen LogP contribution < -0.4 is 4.74 Å². The number of esters is 1. The Kier molecular flexibility index (Phi) is 8.80. The maximum Gasteiger partial charge on any atom is 0.312 e. The number of rotatable bonds is 5. The maximum atomic E-state index is 14.3. The van der Waals surface area contributed by atoms with E-state index in [0.717, 1.165) is 42.0 Å². The van der Waals surface area contributed by atoms with Crippen LogP contribution in [0.2, 0.25) is 0 Å². The average molecular weight is 623 g/mol. The quantitative estimate of drug-likeness (QED) is 0.241. The summed E-state index contributed by atoms with van der Waals surface area (Å²) in [5, 5.41) is 0.462. The van der Waals surface area contributed by atoms with E-state index < -0.39 is 41.1 Å². The molecule has 0 radical (unpaired) electrons. The lowest BCUT2D eigenvalue weighted by Gasteiger charge is -2.29. The first kappa shape index (κ1) is 30.4. The molecule has 2 aliphatic heterocycles. The lowest BCUT2D eigenvalue weighted by Crippen LogP contribution is -2.45. The molecule has 0 N–H and O–H groups in total. The number of ketones is 1. The summed E-state index contributed by atoms with van der Waals surface area (Å²) in [6.07, 6.45) is 8.44. The first-order chi connectivity index (χ1) is 21.3. The first-order valence-corrected chi connectivity index (χ1v) is 16.1. The summed E-state index contributed by atoms with van der Waals surface area (Å²) in [6.45, 7) is 0.174. The number of amides is 1. The first-order valence-electron chi connectivity index (χ1n) is 15.3. The minimum absolute atomic E-state index is 0.0310. The van der Waals surface area contributed by atoms with Crippen LogP contribution in [0.3, 0.4) is 0 Å². The molecule has 1 saturated heterocycles. The highest BCUT2D eigenvalue weighted by Crippen LogP contribution is 2.57. The number of halogens is 2. The Balaban J connectivity index is 1.30. The summed E-state index contributed by atoms with van der Waals surface area (Å²) >= 11 is 1.40. The Labute approximate surface area is 259 Å². The summed E-state index contributed by atoms with van der Waals surface area (Å²) in [4.78, 5) is 47.4. The third kappa shape index (κ3) is 6.41. The van der Waals surface area contributed by atoms with Gasteiger partial charge in [-0.3, -0.25) is 14.4 Å². The molecular formula is C34H36F2N2O5S. The second-order valence-electron chi connectivity index (χ2n) is 12.3. The number of thiazole rings is 1. The van der Waals surface area contributed by atoms with Crippen LogP contribution in [0.25, 0.3) is 10.2 Å². The molecule has 1 aromatic heterocycles. The van der Waals surface area contributed by atoms with Gasteiger partial charge >= 0.3 is 5.97 Å². The van der Waals surface area contributed by atoms with E-state index in [-0.39, 0.29) is 43.4 Å². The second kappa shape index (κ2) is 12.8. The van der Waals surface area contributed by atoms with Gasteiger partial charge in [-0.25, -0.2) is 13.8 Å². The lowest BCUT2D eigenvalue weighted by molar-refractivity contribution is -0.150. The van der Waals surface area contributed by atoms with E-state index in [9.17, 15) is 23.2 Å². The standard InChI is InChI=1S/C34H36F2N2O5S/c1-42-32(41)34-18-23(34)10-6-4-2-3-5-9-22(13-21-14-24(35)16-25(36)15-21)31(40)38-20-26(17-28(38)29(39)19-34)43-33-37-27-11-7-8-12-30(27)44-33/h6-8,10-12,14-16,22-23,26,28H,2-5,9,13,17-20H2,1H3/b10-6-/t22-,23+,26-,28+,34-/m1/s1. The number of hydrogen-bond donors (Lipinski definition) is 0. The van der Waals surface area contributed by atoms with Gasteiger partial charge in [0.05, 0.1) is 35.3 Å². The van der Waals surface area contributed by atoms with E-state index in [2.05, 4.69) is 11.1 Å². The molecule has 3 aromatic rings. The Morgan fingerprint density at radius 2 is 1.91 bits per heavy atom. The molecule has 3 aliphatic rings. The van der Waals surface area contributed by atoms with Crippen LogP contribution in [0.4, 0.5) is 8.78 Å². The van der Waals surface area contributed by atoms with Gasteiger partial charge in [-0.1, -0.05) is 48.5 Å². The number of methoxy groups -OCH3 is 1. The predicted molar refractivity (Wildman–Crippen MR) is 162 cm³/mol. The normalized spacial score (nSPS) is 28.5. The van der Waals surface area contributed by atoms with Crippen LogP contribution in [0, 0.1) is 28.9 Å². The van der Waals surface area contributed by atoms with Crippen molar-refractivity contribution in [2.45, 2.75) is 69.9 Å². The molecule has 10 heteroatoms. The Hall–Kier alpha value is -3.66. The van der Waals surface area contributed by atoms with E-state index in [1.54, 1.807) is 4.90 Å². The summed E-state index contributed by atoms with van der Waals surface area (Å²) in [7, 11) is 1.34. The topological polar surface area (TPSA) is 85.8 Å². The van der Waals surface area contributed by atoms with E-state index in [0.29, 0.717) is 23.6 Å². The van der Waals surface area contributed by atoms with Crippen molar-refractivity contribution < 1.29 is 32.6 Å². The van der Waals surface area contributed by atoms with Gasteiger partial charge in [0.2, 0.25) is 5.91 Å². The van der Waals surface area contributed by atoms with Crippen molar-refractivity contribution in [3.05, 3.63) is 71.8 Å². The zero-order chi connectivity index (χ0) is 30.8. The zero-order valence-corrected chi connectivity index (χ0v) is 25.5. The summed E-state index contributed by atoms with van der Waals surface area (Å²) < 4.78 is 40.6. The third-order valence-electron chi connectivity index (χ3n) is 9.22. The van der Waals surface area contributed by atoms with Gasteiger partial charge in [-0.2, -0.15) is 0 Å². The Morgan fingerprint density at radius 1 is 1.11 bits per heavy atom. The van der Waals surface area contributed by atoms with Gasteiger partial charge in [0.25, 0.3) is 5.19 Å². The highest BCUT2D eigenvalue weighted by atomic mass is 32.1. The predicted octanol–water partition coefficient (Wildman–Crippen LogP) is 6.44. The third-order valence-corrected chi connectivity index (χ3v) is 10.1. The molecule has 3 heterocycles. The fourth-order valence-corrected chi connectivity index (χ4v) is 7.74. The van der Waals surface area contributed by atoms with Crippen LogP contribution in [-0.4, -0.2) is 53.3 Å². The van der Waals surface area contributed by atoms with Gasteiger partial charge in [0, 0.05) is 24.8 Å². The van der Waals surface area contributed by atoms with Crippen molar-refractivity contribution in [3.8, 4) is 5.19 Å². The van der Waals surface area contributed by atoms with Crippen molar-refractivity contribution in [2.75, 3.05) is 13.7 Å². The van der Waals surface area contributed by atoms with E-state index >= 15 is 0 Å².